The van der Waals surface area contributed by atoms with Gasteiger partial charge >= 0.3 is 19.5 Å². The molecule has 1 N–H and O–H groups in total. The third kappa shape index (κ3) is 6.34. The molecule has 1 aliphatic carbocycles. The maximum absolute atomic E-state index is 8.39. The Morgan fingerprint density at radius 2 is 2.07 bits per heavy atom. The minimum Gasteiger partial charge on any atom is -1.00 e. The summed E-state index contributed by atoms with van der Waals surface area (Å²) in [5.74, 6) is 0. The van der Waals surface area contributed by atoms with E-state index < -0.39 is 0 Å². The van der Waals surface area contributed by atoms with Gasteiger partial charge in [0.25, 0.3) is 5.71 Å². The van der Waals surface area contributed by atoms with E-state index in [2.05, 4.69) is 10.1 Å². The Bertz CT molecular complexity index is 257. The fourth-order valence-corrected chi connectivity index (χ4v) is 0.946. The third-order valence-corrected chi connectivity index (χ3v) is 1.50. The molecule has 1 rings (SSSR count). The Hall–Kier alpha value is -0.137. The number of rotatable bonds is 2. The summed E-state index contributed by atoms with van der Waals surface area (Å²) < 4.78 is 0. The fraction of sp³-hybridized carbons (Fsp3) is 0.375. The van der Waals surface area contributed by atoms with Crippen molar-refractivity contribution in [1.29, 1.82) is 0 Å². The summed E-state index contributed by atoms with van der Waals surface area (Å²) in [6, 6.07) is 0. The molecule has 0 atom stereocenters. The molecular weight excluding hydrogens is 274 g/mol. The van der Waals surface area contributed by atoms with E-state index in [1.54, 1.807) is 6.08 Å². The summed E-state index contributed by atoms with van der Waals surface area (Å²) in [4.78, 5) is 3.10. The van der Waals surface area contributed by atoms with Crippen LogP contribution in [-0.4, -0.2) is 17.0 Å². The predicted octanol–water partition coefficient (Wildman–Crippen LogP) is -4.88. The topological polar surface area (TPSA) is 48.4 Å². The normalized spacial score (nSPS) is 12.4. The molecule has 1 aliphatic rings. The number of hydrogen-bond acceptors (Lipinski definition) is 1. The van der Waals surface area contributed by atoms with E-state index in [1.165, 1.54) is 0 Å². The van der Waals surface area contributed by atoms with Crippen molar-refractivity contribution < 1.29 is 49.1 Å². The SMILES string of the molecule is CCNC1=CCC(=[N+]=[N-])C=C1.[Cl-].[Cl-].[Zn+2]. The Kier molecular flexibility index (Phi) is 15.2. The maximum Gasteiger partial charge on any atom is 2.00 e. The summed E-state index contributed by atoms with van der Waals surface area (Å²) >= 11 is 0. The molecule has 0 saturated carbocycles. The van der Waals surface area contributed by atoms with E-state index in [0.717, 1.165) is 12.2 Å². The zero-order valence-corrected chi connectivity index (χ0v) is 12.5. The molecule has 0 saturated heterocycles. The Balaban J connectivity index is -0.000000403. The molecule has 0 unspecified atom stereocenters. The first-order valence-corrected chi connectivity index (χ1v) is 3.70. The quantitative estimate of drug-likeness (QED) is 0.309. The van der Waals surface area contributed by atoms with Gasteiger partial charge in [-0.3, -0.25) is 0 Å². The number of allylic oxidation sites excluding steroid dienone is 3. The molecule has 0 aromatic carbocycles. The molecule has 0 radical (unpaired) electrons. The van der Waals surface area contributed by atoms with E-state index in [4.69, 9.17) is 5.53 Å². The zero-order valence-electron chi connectivity index (χ0n) is 8.00. The Labute approximate surface area is 109 Å². The van der Waals surface area contributed by atoms with Crippen LogP contribution in [-0.2, 0) is 19.5 Å². The van der Waals surface area contributed by atoms with Gasteiger partial charge in [0.15, 0.2) is 0 Å². The molecule has 0 spiro atoms. The van der Waals surface area contributed by atoms with Crippen molar-refractivity contribution in [3.05, 3.63) is 29.5 Å². The van der Waals surface area contributed by atoms with E-state index in [9.17, 15) is 0 Å². The minimum atomic E-state index is 0. The van der Waals surface area contributed by atoms with Gasteiger partial charge in [-0.05, 0) is 19.1 Å². The summed E-state index contributed by atoms with van der Waals surface area (Å²) in [6.07, 6.45) is 6.41. The molecule has 3 nitrogen and oxygen atoms in total. The van der Waals surface area contributed by atoms with E-state index in [0.29, 0.717) is 12.1 Å². The minimum absolute atomic E-state index is 0. The summed E-state index contributed by atoms with van der Waals surface area (Å²) in [6.45, 7) is 2.96. The fourth-order valence-electron chi connectivity index (χ4n) is 0.946. The van der Waals surface area contributed by atoms with Crippen LogP contribution in [0.25, 0.3) is 5.53 Å². The van der Waals surface area contributed by atoms with Crippen LogP contribution in [0.2, 0.25) is 0 Å². The van der Waals surface area contributed by atoms with E-state index in [-0.39, 0.29) is 44.3 Å². The second-order valence-corrected chi connectivity index (χ2v) is 2.32. The van der Waals surface area contributed by atoms with Crippen molar-refractivity contribution in [3.63, 3.8) is 0 Å². The first kappa shape index (κ1) is 19.4. The Morgan fingerprint density at radius 1 is 1.43 bits per heavy atom. The van der Waals surface area contributed by atoms with Crippen molar-refractivity contribution in [2.75, 3.05) is 6.54 Å². The molecule has 74 valence electrons. The average molecular weight is 285 g/mol. The molecule has 0 amide bonds. The first-order chi connectivity index (χ1) is 5.36. The summed E-state index contributed by atoms with van der Waals surface area (Å²) in [7, 11) is 0. The van der Waals surface area contributed by atoms with Crippen molar-refractivity contribution in [2.24, 2.45) is 0 Å². The van der Waals surface area contributed by atoms with Gasteiger partial charge in [-0.15, -0.1) is 0 Å². The molecular formula is C8H11Cl2N3Zn. The maximum atomic E-state index is 8.39. The first-order valence-electron chi connectivity index (χ1n) is 3.70. The second kappa shape index (κ2) is 10.9. The van der Waals surface area contributed by atoms with Gasteiger partial charge < -0.3 is 35.7 Å². The number of hydrogen-bond donors (Lipinski definition) is 1. The molecule has 14 heavy (non-hydrogen) atoms. The van der Waals surface area contributed by atoms with Crippen LogP contribution < -0.4 is 30.1 Å². The second-order valence-electron chi connectivity index (χ2n) is 2.32. The van der Waals surface area contributed by atoms with Crippen molar-refractivity contribution in [1.82, 2.24) is 5.32 Å². The summed E-state index contributed by atoms with van der Waals surface area (Å²) in [5.41, 5.74) is 10.2. The van der Waals surface area contributed by atoms with Gasteiger partial charge in [-0.25, -0.2) is 0 Å². The van der Waals surface area contributed by atoms with Crippen LogP contribution in [0.3, 0.4) is 0 Å². The third-order valence-electron chi connectivity index (χ3n) is 1.50. The molecule has 0 aromatic rings. The van der Waals surface area contributed by atoms with E-state index >= 15 is 0 Å². The Morgan fingerprint density at radius 3 is 2.43 bits per heavy atom. The van der Waals surface area contributed by atoms with Crippen molar-refractivity contribution >= 4 is 5.71 Å². The van der Waals surface area contributed by atoms with Crippen LogP contribution in [0.1, 0.15) is 13.3 Å². The predicted molar refractivity (Wildman–Crippen MR) is 44.1 cm³/mol. The summed E-state index contributed by atoms with van der Waals surface area (Å²) in [5, 5.41) is 3.17. The largest absolute Gasteiger partial charge is 2.00 e. The number of halogens is 2. The molecule has 0 fully saturated rings. The van der Waals surface area contributed by atoms with Gasteiger partial charge in [0.05, 0.1) is 6.42 Å². The van der Waals surface area contributed by atoms with Crippen LogP contribution >= 0.6 is 0 Å². The van der Waals surface area contributed by atoms with Crippen molar-refractivity contribution in [2.45, 2.75) is 13.3 Å². The van der Waals surface area contributed by atoms with Crippen LogP contribution in [0.4, 0.5) is 0 Å². The number of likely N-dealkylation sites (N-methyl/N-ethyl adjacent to an activating group) is 1. The standard InChI is InChI=1S/C8H11N3.2ClH.Zn/c1-2-10-7-3-5-8(11-9)6-4-7;;;/h3-5,10H,2,6H2,1H3;2*1H;/q;;;+2/p-2. The van der Waals surface area contributed by atoms with Crippen LogP contribution in [0.5, 0.6) is 0 Å². The smallest absolute Gasteiger partial charge is 1.00 e. The number of nitrogens with one attached hydrogen (secondary N) is 1. The van der Waals surface area contributed by atoms with E-state index in [1.807, 2.05) is 19.1 Å². The molecule has 0 bridgehead atoms. The van der Waals surface area contributed by atoms with Gasteiger partial charge in [0, 0.05) is 18.3 Å². The number of nitrogens with zero attached hydrogens (tertiary/aromatic N) is 2. The monoisotopic (exact) mass is 283 g/mol. The zero-order chi connectivity index (χ0) is 8.10. The molecule has 6 heteroatoms. The van der Waals surface area contributed by atoms with Gasteiger partial charge in [-0.2, -0.15) is 4.79 Å². The molecule has 0 heterocycles. The molecule has 0 aromatic heterocycles. The molecule has 0 aliphatic heterocycles. The van der Waals surface area contributed by atoms with Gasteiger partial charge in [0.2, 0.25) is 0 Å². The van der Waals surface area contributed by atoms with Crippen LogP contribution in [0, 0.1) is 0 Å². The van der Waals surface area contributed by atoms with Crippen LogP contribution in [0.15, 0.2) is 23.9 Å². The average Bonchev–Trinajstić information content (AvgIpc) is 2.07. The van der Waals surface area contributed by atoms with Gasteiger partial charge in [0.1, 0.15) is 0 Å². The van der Waals surface area contributed by atoms with Gasteiger partial charge in [-0.1, -0.05) is 0 Å². The van der Waals surface area contributed by atoms with Crippen molar-refractivity contribution in [3.8, 4) is 0 Å².